The molecular formula is C23H30N6O4S. The van der Waals surface area contributed by atoms with Gasteiger partial charge in [0.1, 0.15) is 10.6 Å². The summed E-state index contributed by atoms with van der Waals surface area (Å²) < 4.78 is 30.8. The predicted octanol–water partition coefficient (Wildman–Crippen LogP) is 3.54. The van der Waals surface area contributed by atoms with Crippen LogP contribution in [0.2, 0.25) is 0 Å². The van der Waals surface area contributed by atoms with Gasteiger partial charge in [-0.05, 0) is 63.1 Å². The first kappa shape index (κ1) is 23.8. The smallest absolute Gasteiger partial charge is 0.339 e. The van der Waals surface area contributed by atoms with E-state index in [1.54, 1.807) is 32.0 Å². The van der Waals surface area contributed by atoms with E-state index in [1.165, 1.54) is 37.1 Å². The van der Waals surface area contributed by atoms with Gasteiger partial charge in [0, 0.05) is 29.9 Å². The van der Waals surface area contributed by atoms with Crippen molar-refractivity contribution in [1.82, 2.24) is 15.3 Å². The van der Waals surface area contributed by atoms with E-state index in [4.69, 9.17) is 9.92 Å². The third kappa shape index (κ3) is 6.17. The van der Waals surface area contributed by atoms with Crippen LogP contribution in [0.5, 0.6) is 5.75 Å². The van der Waals surface area contributed by atoms with E-state index in [-0.39, 0.29) is 23.1 Å². The van der Waals surface area contributed by atoms with Crippen LogP contribution >= 0.6 is 0 Å². The van der Waals surface area contributed by atoms with Gasteiger partial charge in [-0.15, -0.1) is 0 Å². The molecule has 3 aromatic rings. The number of imidazole rings is 1. The third-order valence-corrected chi connectivity index (χ3v) is 6.73. The lowest BCUT2D eigenvalue weighted by Crippen LogP contribution is -2.46. The Kier molecular flexibility index (Phi) is 6.67. The molecule has 6 N–H and O–H groups in total. The lowest BCUT2D eigenvalue weighted by Gasteiger charge is -2.18. The lowest BCUT2D eigenvalue weighted by molar-refractivity contribution is 0.249. The van der Waals surface area contributed by atoms with Crippen molar-refractivity contribution >= 4 is 38.8 Å². The molecule has 0 unspecified atom stereocenters. The van der Waals surface area contributed by atoms with E-state index >= 15 is 0 Å². The highest BCUT2D eigenvalue weighted by molar-refractivity contribution is 7.87. The van der Waals surface area contributed by atoms with Gasteiger partial charge in [0.25, 0.3) is 0 Å². The van der Waals surface area contributed by atoms with E-state index in [9.17, 15) is 13.2 Å². The Morgan fingerprint density at radius 1 is 1.18 bits per heavy atom. The van der Waals surface area contributed by atoms with E-state index in [1.807, 2.05) is 0 Å². The number of fused-ring (bicyclic) bond motifs is 1. The Morgan fingerprint density at radius 3 is 2.56 bits per heavy atom. The zero-order valence-corrected chi connectivity index (χ0v) is 20.0. The van der Waals surface area contributed by atoms with Crippen molar-refractivity contribution in [3.05, 3.63) is 42.5 Å². The molecule has 4 rings (SSSR count). The molecule has 2 aromatic carbocycles. The summed E-state index contributed by atoms with van der Waals surface area (Å²) in [7, 11) is -4.02. The standard InChI is InChI=1S/C23H30N6O4S/c1-23(2,24)14-25-22(30)29-21-27-19-12-9-17(13-20(19)28-21)33-34(31,32)18-10-7-16(8-11-18)26-15-5-3-4-6-15/h7-13,15,26H,3-6,14,24H2,1-2H3,(H3,25,27,28,29,30). The number of amides is 2. The topological polar surface area (TPSA) is 151 Å². The predicted molar refractivity (Wildman–Crippen MR) is 132 cm³/mol. The summed E-state index contributed by atoms with van der Waals surface area (Å²) in [6.45, 7) is 3.88. The van der Waals surface area contributed by atoms with Crippen LogP contribution in [0.25, 0.3) is 11.0 Å². The maximum absolute atomic E-state index is 12.8. The highest BCUT2D eigenvalue weighted by atomic mass is 32.2. The SMILES string of the molecule is CC(C)(N)CNC(=O)Nc1nc2cc(OS(=O)(=O)c3ccc(NC4CCCC4)cc3)ccc2[nH]1. The van der Waals surface area contributed by atoms with Crippen molar-refractivity contribution in [3.8, 4) is 5.75 Å². The molecule has 10 nitrogen and oxygen atoms in total. The first-order chi connectivity index (χ1) is 16.1. The average Bonchev–Trinajstić information content (AvgIpc) is 3.41. The number of nitrogens with one attached hydrogen (secondary N) is 4. The summed E-state index contributed by atoms with van der Waals surface area (Å²) in [5.74, 6) is 0.334. The number of hydrogen-bond acceptors (Lipinski definition) is 7. The van der Waals surface area contributed by atoms with Crippen LogP contribution in [0.15, 0.2) is 47.4 Å². The Balaban J connectivity index is 1.41. The van der Waals surface area contributed by atoms with Crippen LogP contribution in [-0.2, 0) is 10.1 Å². The van der Waals surface area contributed by atoms with Gasteiger partial charge in [0.05, 0.1) is 11.0 Å². The summed E-state index contributed by atoms with van der Waals surface area (Å²) in [5.41, 5.74) is 7.26. The van der Waals surface area contributed by atoms with Crippen LogP contribution in [-0.4, -0.2) is 42.5 Å². The van der Waals surface area contributed by atoms with Gasteiger partial charge in [0.15, 0.2) is 0 Å². The molecule has 1 aromatic heterocycles. The Bertz CT molecular complexity index is 1260. The van der Waals surface area contributed by atoms with Gasteiger partial charge < -0.3 is 25.5 Å². The van der Waals surface area contributed by atoms with Gasteiger partial charge in [-0.3, -0.25) is 5.32 Å². The second-order valence-electron chi connectivity index (χ2n) is 9.25. The van der Waals surface area contributed by atoms with Crippen molar-refractivity contribution in [1.29, 1.82) is 0 Å². The van der Waals surface area contributed by atoms with Crippen molar-refractivity contribution in [2.24, 2.45) is 5.73 Å². The molecular weight excluding hydrogens is 456 g/mol. The summed E-state index contributed by atoms with van der Waals surface area (Å²) in [6, 6.07) is 11.2. The quantitative estimate of drug-likeness (QED) is 0.305. The van der Waals surface area contributed by atoms with Crippen molar-refractivity contribution < 1.29 is 17.4 Å². The molecule has 182 valence electrons. The molecule has 1 saturated carbocycles. The molecule has 0 atom stereocenters. The second-order valence-corrected chi connectivity index (χ2v) is 10.8. The molecule has 1 heterocycles. The Morgan fingerprint density at radius 2 is 1.88 bits per heavy atom. The Labute approximate surface area is 198 Å². The Hall–Kier alpha value is -3.31. The van der Waals surface area contributed by atoms with Gasteiger partial charge in [-0.1, -0.05) is 12.8 Å². The lowest BCUT2D eigenvalue weighted by atomic mass is 10.1. The molecule has 1 aliphatic carbocycles. The largest absolute Gasteiger partial charge is 0.382 e. The number of anilines is 2. The van der Waals surface area contributed by atoms with E-state index < -0.39 is 21.7 Å². The fourth-order valence-electron chi connectivity index (χ4n) is 3.75. The number of carbonyl (C=O) groups is 1. The maximum atomic E-state index is 12.8. The van der Waals surface area contributed by atoms with Crippen LogP contribution in [0.1, 0.15) is 39.5 Å². The first-order valence-corrected chi connectivity index (χ1v) is 12.6. The number of nitrogens with two attached hydrogens (primary N) is 1. The fraction of sp³-hybridized carbons (Fsp3) is 0.391. The minimum atomic E-state index is -4.02. The average molecular weight is 487 g/mol. The maximum Gasteiger partial charge on any atom is 0.339 e. The summed E-state index contributed by atoms with van der Waals surface area (Å²) in [4.78, 5) is 19.3. The molecule has 34 heavy (non-hydrogen) atoms. The molecule has 0 bridgehead atoms. The van der Waals surface area contributed by atoms with Crippen molar-refractivity contribution in [2.45, 2.75) is 56.0 Å². The van der Waals surface area contributed by atoms with Crippen LogP contribution in [0.4, 0.5) is 16.4 Å². The zero-order chi connectivity index (χ0) is 24.3. The highest BCUT2D eigenvalue weighted by Gasteiger charge is 2.19. The second kappa shape index (κ2) is 9.51. The van der Waals surface area contributed by atoms with Gasteiger partial charge in [-0.25, -0.2) is 9.78 Å². The number of carbonyl (C=O) groups excluding carboxylic acids is 1. The van der Waals surface area contributed by atoms with E-state index in [0.29, 0.717) is 17.1 Å². The number of aromatic amines is 1. The molecule has 0 saturated heterocycles. The van der Waals surface area contributed by atoms with Crippen molar-refractivity contribution in [2.75, 3.05) is 17.2 Å². The minimum absolute atomic E-state index is 0.0634. The van der Waals surface area contributed by atoms with Gasteiger partial charge >= 0.3 is 16.1 Å². The van der Waals surface area contributed by atoms with Crippen molar-refractivity contribution in [3.63, 3.8) is 0 Å². The number of benzene rings is 2. The molecule has 0 spiro atoms. The number of H-pyrrole nitrogens is 1. The summed E-state index contributed by atoms with van der Waals surface area (Å²) in [5, 5.41) is 8.68. The summed E-state index contributed by atoms with van der Waals surface area (Å²) >= 11 is 0. The first-order valence-electron chi connectivity index (χ1n) is 11.2. The number of aromatic nitrogens is 2. The molecule has 2 amide bonds. The van der Waals surface area contributed by atoms with Gasteiger partial charge in [-0.2, -0.15) is 8.42 Å². The van der Waals surface area contributed by atoms with Crippen LogP contribution in [0, 0.1) is 0 Å². The molecule has 1 fully saturated rings. The van der Waals surface area contributed by atoms with E-state index in [0.717, 1.165) is 18.5 Å². The third-order valence-electron chi connectivity index (χ3n) is 5.47. The number of nitrogens with zero attached hydrogens (tertiary/aromatic N) is 1. The monoisotopic (exact) mass is 486 g/mol. The fourth-order valence-corrected chi connectivity index (χ4v) is 4.68. The molecule has 1 aliphatic rings. The normalized spacial score (nSPS) is 14.8. The number of rotatable bonds is 8. The molecule has 0 aliphatic heterocycles. The van der Waals surface area contributed by atoms with Crippen LogP contribution in [0.3, 0.4) is 0 Å². The minimum Gasteiger partial charge on any atom is -0.382 e. The van der Waals surface area contributed by atoms with E-state index in [2.05, 4.69) is 25.9 Å². The molecule has 11 heteroatoms. The zero-order valence-electron chi connectivity index (χ0n) is 19.2. The van der Waals surface area contributed by atoms with Gasteiger partial charge in [0.2, 0.25) is 5.95 Å². The molecule has 0 radical (unpaired) electrons. The van der Waals surface area contributed by atoms with Crippen LogP contribution < -0.4 is 25.9 Å². The summed E-state index contributed by atoms with van der Waals surface area (Å²) in [6.07, 6.45) is 4.70. The number of hydrogen-bond donors (Lipinski definition) is 5. The number of urea groups is 1. The highest BCUT2D eigenvalue weighted by Crippen LogP contribution is 2.26.